The van der Waals surface area contributed by atoms with Crippen LogP contribution in [0.5, 0.6) is 0 Å². The van der Waals surface area contributed by atoms with Gasteiger partial charge >= 0.3 is 0 Å². The molecule has 0 bridgehead atoms. The Balaban J connectivity index is 1.64. The van der Waals surface area contributed by atoms with Crippen molar-refractivity contribution in [1.82, 2.24) is 20.1 Å². The molecular weight excluding hydrogens is 232 g/mol. The lowest BCUT2D eigenvalue weighted by Gasteiger charge is -2.04. The molecule has 17 heavy (non-hydrogen) atoms. The first-order chi connectivity index (χ1) is 8.27. The summed E-state index contributed by atoms with van der Waals surface area (Å²) in [5.41, 5.74) is 4.36. The molecule has 1 N–H and O–H groups in total. The zero-order valence-electron chi connectivity index (χ0n) is 10.3. The highest BCUT2D eigenvalue weighted by Crippen LogP contribution is 2.11. The topological polar surface area (TPSA) is 42.7 Å². The molecular formula is C12H18N4S. The first kappa shape index (κ1) is 12.3. The Morgan fingerprint density at radius 1 is 1.35 bits per heavy atom. The Kier molecular flexibility index (Phi) is 4.28. The smallest absolute Gasteiger partial charge is 0.0797 e. The maximum absolute atomic E-state index is 4.25. The van der Waals surface area contributed by atoms with Gasteiger partial charge in [0.25, 0.3) is 0 Å². The van der Waals surface area contributed by atoms with Crippen LogP contribution in [0.2, 0.25) is 0 Å². The number of hydrogen-bond acceptors (Lipinski definition) is 4. The third kappa shape index (κ3) is 3.38. The van der Waals surface area contributed by atoms with Crippen molar-refractivity contribution in [2.45, 2.75) is 19.8 Å². The molecule has 0 aromatic carbocycles. The number of aromatic nitrogens is 3. The number of hydrogen-bond donors (Lipinski definition) is 1. The summed E-state index contributed by atoms with van der Waals surface area (Å²) in [6.07, 6.45) is 3.94. The fourth-order valence-corrected chi connectivity index (χ4v) is 2.54. The molecule has 2 aromatic rings. The SMILES string of the molecule is Cc1ncsc1CCNCCc1ccnn1C. The Labute approximate surface area is 106 Å². The molecule has 0 atom stereocenters. The highest BCUT2D eigenvalue weighted by atomic mass is 32.1. The third-order valence-corrected chi connectivity index (χ3v) is 3.85. The highest BCUT2D eigenvalue weighted by molar-refractivity contribution is 7.09. The lowest BCUT2D eigenvalue weighted by Crippen LogP contribution is -2.21. The van der Waals surface area contributed by atoms with Crippen molar-refractivity contribution in [2.75, 3.05) is 13.1 Å². The minimum atomic E-state index is 0.997. The second-order valence-electron chi connectivity index (χ2n) is 4.06. The Bertz CT molecular complexity index is 418. The van der Waals surface area contributed by atoms with Gasteiger partial charge in [0.15, 0.2) is 0 Å². The van der Waals surface area contributed by atoms with Crippen LogP contribution in [0.3, 0.4) is 0 Å². The molecule has 0 unspecified atom stereocenters. The number of aryl methyl sites for hydroxylation is 2. The van der Waals surface area contributed by atoms with Crippen LogP contribution in [-0.2, 0) is 19.9 Å². The van der Waals surface area contributed by atoms with Crippen LogP contribution in [0.15, 0.2) is 17.8 Å². The van der Waals surface area contributed by atoms with Crippen molar-refractivity contribution in [3.63, 3.8) is 0 Å². The number of nitrogens with one attached hydrogen (secondary N) is 1. The predicted molar refractivity (Wildman–Crippen MR) is 70.3 cm³/mol. The molecule has 0 aliphatic rings. The van der Waals surface area contributed by atoms with Crippen LogP contribution >= 0.6 is 11.3 Å². The van der Waals surface area contributed by atoms with E-state index < -0.39 is 0 Å². The maximum Gasteiger partial charge on any atom is 0.0797 e. The molecule has 0 fully saturated rings. The number of rotatable bonds is 6. The molecule has 2 aromatic heterocycles. The van der Waals surface area contributed by atoms with E-state index in [0.29, 0.717) is 0 Å². The standard InChI is InChI=1S/C12H18N4S/c1-10-12(17-9-14-10)5-7-13-6-3-11-4-8-15-16(11)2/h4,8-9,13H,3,5-7H2,1-2H3. The molecule has 2 heterocycles. The van der Waals surface area contributed by atoms with Crippen molar-refractivity contribution in [2.24, 2.45) is 7.05 Å². The molecule has 2 rings (SSSR count). The van der Waals surface area contributed by atoms with E-state index in [0.717, 1.165) is 25.9 Å². The van der Waals surface area contributed by atoms with Crippen molar-refractivity contribution in [3.8, 4) is 0 Å². The summed E-state index contributed by atoms with van der Waals surface area (Å²) >= 11 is 1.74. The minimum absolute atomic E-state index is 0.997. The molecule has 0 spiro atoms. The van der Waals surface area contributed by atoms with Gasteiger partial charge in [0.1, 0.15) is 0 Å². The molecule has 92 valence electrons. The van der Waals surface area contributed by atoms with Gasteiger partial charge in [0.2, 0.25) is 0 Å². The summed E-state index contributed by atoms with van der Waals surface area (Å²) in [6, 6.07) is 2.06. The lowest BCUT2D eigenvalue weighted by molar-refractivity contribution is 0.643. The van der Waals surface area contributed by atoms with Crippen molar-refractivity contribution >= 4 is 11.3 Å². The zero-order chi connectivity index (χ0) is 12.1. The molecule has 0 saturated carbocycles. The second-order valence-corrected chi connectivity index (χ2v) is 5.00. The van der Waals surface area contributed by atoms with E-state index in [2.05, 4.69) is 28.4 Å². The normalized spacial score (nSPS) is 10.9. The van der Waals surface area contributed by atoms with E-state index in [4.69, 9.17) is 0 Å². The minimum Gasteiger partial charge on any atom is -0.316 e. The average Bonchev–Trinajstić information content (AvgIpc) is 2.89. The van der Waals surface area contributed by atoms with Gasteiger partial charge in [0.05, 0.1) is 11.2 Å². The van der Waals surface area contributed by atoms with Gasteiger partial charge in [-0.25, -0.2) is 4.98 Å². The molecule has 0 radical (unpaired) electrons. The van der Waals surface area contributed by atoms with Crippen LogP contribution in [0.1, 0.15) is 16.3 Å². The molecule has 4 nitrogen and oxygen atoms in total. The van der Waals surface area contributed by atoms with Gasteiger partial charge < -0.3 is 5.32 Å². The highest BCUT2D eigenvalue weighted by Gasteiger charge is 2.01. The predicted octanol–water partition coefficient (Wildman–Crippen LogP) is 1.56. The van der Waals surface area contributed by atoms with Crippen LogP contribution in [0, 0.1) is 6.92 Å². The zero-order valence-corrected chi connectivity index (χ0v) is 11.1. The lowest BCUT2D eigenvalue weighted by atomic mass is 10.3. The van der Waals surface area contributed by atoms with Gasteiger partial charge in [-0.3, -0.25) is 4.68 Å². The summed E-state index contributed by atoms with van der Waals surface area (Å²) in [5.74, 6) is 0. The third-order valence-electron chi connectivity index (χ3n) is 2.85. The maximum atomic E-state index is 4.25. The molecule has 0 amide bonds. The summed E-state index contributed by atoms with van der Waals surface area (Å²) in [7, 11) is 1.98. The summed E-state index contributed by atoms with van der Waals surface area (Å²) in [4.78, 5) is 5.63. The Morgan fingerprint density at radius 3 is 2.82 bits per heavy atom. The average molecular weight is 250 g/mol. The summed E-state index contributed by atoms with van der Waals surface area (Å²) in [5, 5.41) is 7.60. The van der Waals surface area contributed by atoms with E-state index in [1.165, 1.54) is 16.3 Å². The summed E-state index contributed by atoms with van der Waals surface area (Å²) in [6.45, 7) is 4.08. The van der Waals surface area contributed by atoms with Gasteiger partial charge in [-0.15, -0.1) is 11.3 Å². The van der Waals surface area contributed by atoms with E-state index in [1.807, 2.05) is 23.4 Å². The van der Waals surface area contributed by atoms with E-state index in [9.17, 15) is 0 Å². The Hall–Kier alpha value is -1.20. The van der Waals surface area contributed by atoms with E-state index in [1.54, 1.807) is 11.3 Å². The van der Waals surface area contributed by atoms with Crippen molar-refractivity contribution < 1.29 is 0 Å². The van der Waals surface area contributed by atoms with Crippen LogP contribution in [0.4, 0.5) is 0 Å². The van der Waals surface area contributed by atoms with Crippen LogP contribution in [0.25, 0.3) is 0 Å². The Morgan fingerprint density at radius 2 is 2.18 bits per heavy atom. The van der Waals surface area contributed by atoms with Gasteiger partial charge in [-0.05, 0) is 19.4 Å². The monoisotopic (exact) mass is 250 g/mol. The largest absolute Gasteiger partial charge is 0.316 e. The molecule has 0 saturated heterocycles. The van der Waals surface area contributed by atoms with E-state index in [-0.39, 0.29) is 0 Å². The van der Waals surface area contributed by atoms with Gasteiger partial charge in [-0.2, -0.15) is 5.10 Å². The fourth-order valence-electron chi connectivity index (χ4n) is 1.76. The van der Waals surface area contributed by atoms with Crippen LogP contribution < -0.4 is 5.32 Å². The number of thiazole rings is 1. The molecule has 0 aliphatic carbocycles. The fraction of sp³-hybridized carbons (Fsp3) is 0.500. The van der Waals surface area contributed by atoms with E-state index >= 15 is 0 Å². The first-order valence-corrected chi connectivity index (χ1v) is 6.72. The quantitative estimate of drug-likeness (QED) is 0.791. The number of nitrogens with zero attached hydrogens (tertiary/aromatic N) is 3. The van der Waals surface area contributed by atoms with Crippen LogP contribution in [-0.4, -0.2) is 27.9 Å². The first-order valence-electron chi connectivity index (χ1n) is 5.84. The van der Waals surface area contributed by atoms with Crippen molar-refractivity contribution in [1.29, 1.82) is 0 Å². The van der Waals surface area contributed by atoms with Gasteiger partial charge in [-0.1, -0.05) is 0 Å². The molecule has 0 aliphatic heterocycles. The summed E-state index contributed by atoms with van der Waals surface area (Å²) < 4.78 is 1.93. The van der Waals surface area contributed by atoms with Gasteiger partial charge in [0, 0.05) is 43.3 Å². The van der Waals surface area contributed by atoms with Crippen molar-refractivity contribution in [3.05, 3.63) is 34.0 Å². The second kappa shape index (κ2) is 5.93. The molecule has 5 heteroatoms.